The van der Waals surface area contributed by atoms with E-state index in [0.717, 1.165) is 100 Å². The molecule has 13 aromatic carbocycles. The summed E-state index contributed by atoms with van der Waals surface area (Å²) in [5.74, 6) is 3.61. The fourth-order valence-electron chi connectivity index (χ4n) is 14.8. The number of anilines is 3. The maximum Gasteiger partial charge on any atom is 3.00 e. The summed E-state index contributed by atoms with van der Waals surface area (Å²) in [6, 6.07) is 127. The van der Waals surface area contributed by atoms with Gasteiger partial charge in [-0.15, -0.1) is 106 Å². The molecule has 6 aromatic heterocycles. The predicted octanol–water partition coefficient (Wildman–Crippen LogP) is 22.7. The number of amides is 3. The summed E-state index contributed by atoms with van der Waals surface area (Å²) in [5.41, 5.74) is 19.1. The van der Waals surface area contributed by atoms with E-state index in [9.17, 15) is 0 Å². The van der Waals surface area contributed by atoms with Gasteiger partial charge in [-0.3, -0.25) is 14.4 Å². The SMILES string of the molecule is CN(C(=O)c1cc(C(=O)N(C)c2ccc(-c3[c-]ccc(-c4ccc(-c5nc(-c6ccccc6)nc(-c6ccccc6)n5)cc4)c3)nc2)cc(C(=O)N(C)c2ccc(-c3[c-]ccc(-c4ccc(-c5nc(-c6ccccc6)nc(-c6ccccc6)n5)cc4)c3)nc2)c1)c1ccc(-c2[c-]ccc(-c3ccc(-c4nc(-c5ccccc5)nc(-c5ccccc5)n4)cc3)c2)nc1.[Ir+3]. The molecule has 0 spiro atoms. The molecule has 0 radical (unpaired) electrons. The van der Waals surface area contributed by atoms with Gasteiger partial charge >= 0.3 is 20.1 Å². The Morgan fingerprint density at radius 2 is 0.402 bits per heavy atom. The first-order valence-electron chi connectivity index (χ1n) is 40.7. The number of nitrogens with zero attached hydrogens (tertiary/aromatic N) is 15. The van der Waals surface area contributed by atoms with Gasteiger partial charge < -0.3 is 29.7 Å². The minimum Gasteiger partial charge on any atom is -0.310 e. The Morgan fingerprint density at radius 3 is 0.591 bits per heavy atom. The topological polar surface area (TPSA) is 216 Å². The van der Waals surface area contributed by atoms with Crippen molar-refractivity contribution in [1.82, 2.24) is 59.8 Å². The van der Waals surface area contributed by atoms with Crippen LogP contribution in [0, 0.1) is 18.2 Å². The number of aromatic nitrogens is 12. The molecular formula is C108H72IrN15O3. The molecule has 0 aliphatic rings. The fourth-order valence-corrected chi connectivity index (χ4v) is 14.8. The van der Waals surface area contributed by atoms with Crippen LogP contribution in [0.3, 0.4) is 0 Å². The van der Waals surface area contributed by atoms with Gasteiger partial charge in [0.1, 0.15) is 0 Å². The first-order chi connectivity index (χ1) is 61.9. The summed E-state index contributed by atoms with van der Waals surface area (Å²) in [6.07, 6.45) is 4.84. The minimum atomic E-state index is -0.503. The Bertz CT molecular complexity index is 6330. The summed E-state index contributed by atoms with van der Waals surface area (Å²) in [5, 5.41) is 0. The normalized spacial score (nSPS) is 11.0. The van der Waals surface area contributed by atoms with Crippen LogP contribution in [0.25, 0.3) is 170 Å². The van der Waals surface area contributed by atoms with Crippen LogP contribution in [0.2, 0.25) is 0 Å². The van der Waals surface area contributed by atoms with Crippen LogP contribution in [0.4, 0.5) is 17.1 Å². The van der Waals surface area contributed by atoms with E-state index >= 15 is 14.4 Å². The van der Waals surface area contributed by atoms with E-state index in [1.807, 2.05) is 328 Å². The molecule has 19 heteroatoms. The molecule has 0 saturated carbocycles. The number of carbonyl (C=O) groups excluding carboxylic acids is 3. The summed E-state index contributed by atoms with van der Waals surface area (Å²) in [7, 11) is 4.88. The van der Waals surface area contributed by atoms with Gasteiger partial charge in [-0.25, -0.2) is 44.9 Å². The molecule has 0 bridgehead atoms. The summed E-state index contributed by atoms with van der Waals surface area (Å²) in [6.45, 7) is 0. The van der Waals surface area contributed by atoms with Crippen LogP contribution >= 0.6 is 0 Å². The minimum absolute atomic E-state index is 0. The molecule has 6 heterocycles. The molecule has 0 unspecified atom stereocenters. The Hall–Kier alpha value is -16.6. The first kappa shape index (κ1) is 81.4. The number of benzene rings is 13. The monoisotopic (exact) mass is 1820 g/mol. The van der Waals surface area contributed by atoms with Gasteiger partial charge in [-0.05, 0) is 70.2 Å². The van der Waals surface area contributed by atoms with Gasteiger partial charge in [0.15, 0.2) is 52.4 Å². The molecule has 127 heavy (non-hydrogen) atoms. The molecule has 3 amide bonds. The summed E-state index contributed by atoms with van der Waals surface area (Å²) in [4.78, 5) is 108. The number of hydrogen-bond acceptors (Lipinski definition) is 15. The number of hydrogen-bond donors (Lipinski definition) is 0. The average Bonchev–Trinajstić information content (AvgIpc) is 0.796. The second-order valence-corrected chi connectivity index (χ2v) is 29.9. The number of pyridine rings is 3. The van der Waals surface area contributed by atoms with Crippen molar-refractivity contribution >= 4 is 34.8 Å². The van der Waals surface area contributed by atoms with Gasteiger partial charge in [-0.2, -0.15) is 0 Å². The molecule has 0 fully saturated rings. The maximum absolute atomic E-state index is 15.1. The molecule has 0 N–H and O–H groups in total. The maximum atomic E-state index is 15.1. The first-order valence-corrected chi connectivity index (χ1v) is 40.7. The summed E-state index contributed by atoms with van der Waals surface area (Å²) < 4.78 is 0. The second-order valence-electron chi connectivity index (χ2n) is 29.9. The van der Waals surface area contributed by atoms with Crippen LogP contribution in [0.15, 0.2) is 383 Å². The van der Waals surface area contributed by atoms with Gasteiger partial charge in [0.2, 0.25) is 0 Å². The van der Waals surface area contributed by atoms with E-state index in [4.69, 9.17) is 59.8 Å². The van der Waals surface area contributed by atoms with E-state index in [-0.39, 0.29) is 36.8 Å². The van der Waals surface area contributed by atoms with Crippen molar-refractivity contribution in [2.24, 2.45) is 0 Å². The van der Waals surface area contributed by atoms with Gasteiger partial charge in [0.05, 0.1) is 17.1 Å². The van der Waals surface area contributed by atoms with Crippen molar-refractivity contribution in [1.29, 1.82) is 0 Å². The van der Waals surface area contributed by atoms with Crippen molar-refractivity contribution in [3.8, 4) is 170 Å². The summed E-state index contributed by atoms with van der Waals surface area (Å²) >= 11 is 0. The van der Waals surface area contributed by atoms with Crippen LogP contribution in [0.5, 0.6) is 0 Å². The molecule has 19 aromatic rings. The van der Waals surface area contributed by atoms with Crippen molar-refractivity contribution in [2.75, 3.05) is 35.8 Å². The van der Waals surface area contributed by atoms with E-state index in [1.165, 1.54) is 32.9 Å². The smallest absolute Gasteiger partial charge is 0.310 e. The molecule has 606 valence electrons. The molecule has 18 nitrogen and oxygen atoms in total. The zero-order valence-corrected chi connectivity index (χ0v) is 71.0. The van der Waals surface area contributed by atoms with Crippen LogP contribution in [-0.4, -0.2) is 98.7 Å². The van der Waals surface area contributed by atoms with Crippen LogP contribution in [-0.2, 0) is 20.1 Å². The Morgan fingerprint density at radius 1 is 0.213 bits per heavy atom. The van der Waals surface area contributed by atoms with Crippen molar-refractivity contribution in [3.63, 3.8) is 0 Å². The molecule has 0 atom stereocenters. The van der Waals surface area contributed by atoms with Gasteiger partial charge in [-0.1, -0.05) is 273 Å². The molecule has 19 rings (SSSR count). The largest absolute Gasteiger partial charge is 3.00 e. The quantitative estimate of drug-likeness (QED) is 0.0611. The zero-order chi connectivity index (χ0) is 85.4. The Labute approximate surface area is 747 Å². The van der Waals surface area contributed by atoms with E-state index in [1.54, 1.807) is 57.9 Å². The standard InChI is InChI=1S/C108H72N15O3.Ir/c1-121(91-55-58-94(109-67-91)85-40-22-37-82(61-85)70-43-49-79(50-44-70)103-115-97(73-25-10-4-11-26-73)112-98(116-103)74-27-12-5-13-28-74)106(124)88-64-89(107(125)122(2)92-56-59-95(110-68-92)86-41-23-38-83(62-86)71-45-51-80(52-46-71)104-117-99(75-29-14-6-15-30-75)113-100(118-104)76-31-16-7-17-32-76)66-90(65-88)108(126)123(3)93-57-60-96(111-69-93)87-42-24-39-84(63-87)72-47-53-81(54-48-72)105-119-101(77-33-18-8-19-34-77)114-102(120-105)78-35-20-9-21-36-78;/h4-39,43-69H,1-3H3;/q-3;+3. The average molecular weight is 1820 g/mol. The van der Waals surface area contributed by atoms with Crippen LogP contribution in [0.1, 0.15) is 31.1 Å². The predicted molar refractivity (Wildman–Crippen MR) is 496 cm³/mol. The van der Waals surface area contributed by atoms with E-state index < -0.39 is 17.7 Å². The molecular weight excluding hydrogens is 1750 g/mol. The van der Waals surface area contributed by atoms with Crippen LogP contribution < -0.4 is 14.7 Å². The Balaban J connectivity index is 0.0000109. The van der Waals surface area contributed by atoms with Crippen molar-refractivity contribution in [2.45, 2.75) is 0 Å². The third-order valence-electron chi connectivity index (χ3n) is 21.8. The van der Waals surface area contributed by atoms with E-state index in [0.29, 0.717) is 86.6 Å². The third-order valence-corrected chi connectivity index (χ3v) is 21.8. The zero-order valence-electron chi connectivity index (χ0n) is 68.6. The Kier molecular flexibility index (Phi) is 23.5. The number of rotatable bonds is 21. The van der Waals surface area contributed by atoms with Crippen molar-refractivity contribution < 1.29 is 34.5 Å². The molecule has 0 aliphatic carbocycles. The van der Waals surface area contributed by atoms with E-state index in [2.05, 4.69) is 18.2 Å². The third kappa shape index (κ3) is 17.9. The van der Waals surface area contributed by atoms with Gasteiger partial charge in [0.25, 0.3) is 17.7 Å². The fraction of sp³-hybridized carbons (Fsp3) is 0.0278. The molecule has 0 aliphatic heterocycles. The van der Waals surface area contributed by atoms with Crippen molar-refractivity contribution in [3.05, 3.63) is 417 Å². The molecule has 0 saturated heterocycles. The number of carbonyl (C=O) groups is 3. The second kappa shape index (κ2) is 36.6. The van der Waals surface area contributed by atoms with Gasteiger partial charge in [0, 0.05) is 106 Å².